The summed E-state index contributed by atoms with van der Waals surface area (Å²) in [5, 5.41) is 9.43. The summed E-state index contributed by atoms with van der Waals surface area (Å²) in [6.45, 7) is 0.191. The van der Waals surface area contributed by atoms with Gasteiger partial charge in [-0.3, -0.25) is 5.01 Å². The maximum atomic E-state index is 13.0. The molecule has 0 spiro atoms. The van der Waals surface area contributed by atoms with Crippen LogP contribution in [0.5, 0.6) is 17.2 Å². The summed E-state index contributed by atoms with van der Waals surface area (Å²) in [6, 6.07) is 26.3. The van der Waals surface area contributed by atoms with Gasteiger partial charge in [0.2, 0.25) is 5.75 Å². The van der Waals surface area contributed by atoms with Crippen LogP contribution in [0, 0.1) is 0 Å². The first-order chi connectivity index (χ1) is 22.1. The molecule has 1 aliphatic rings. The number of methoxy groups -OCH3 is 3. The molecule has 2 amide bonds. The summed E-state index contributed by atoms with van der Waals surface area (Å²) >= 11 is 0. The van der Waals surface area contributed by atoms with E-state index >= 15 is 0 Å². The van der Waals surface area contributed by atoms with Gasteiger partial charge in [0.25, 0.3) is 10.0 Å². The lowest BCUT2D eigenvalue weighted by Crippen LogP contribution is -2.39. The van der Waals surface area contributed by atoms with Gasteiger partial charge in [0, 0.05) is 32.7 Å². The average Bonchev–Trinajstić information content (AvgIpc) is 3.52. The molecule has 240 valence electrons. The fourth-order valence-electron chi connectivity index (χ4n) is 5.20. The predicted octanol–water partition coefficient (Wildman–Crippen LogP) is 5.32. The third-order valence-electron chi connectivity index (χ3n) is 7.63. The van der Waals surface area contributed by atoms with Crippen LogP contribution < -0.4 is 34.2 Å². The number of carbonyl (C=O) groups is 1. The number of benzene rings is 4. The summed E-state index contributed by atoms with van der Waals surface area (Å²) < 4.78 is 44.9. The highest BCUT2D eigenvalue weighted by Gasteiger charge is 2.32. The largest absolute Gasteiger partial charge is 0.493 e. The molecule has 2 N–H and O–H groups in total. The molecule has 1 atom stereocenters. The second kappa shape index (κ2) is 13.8. The zero-order chi connectivity index (χ0) is 32.8. The fraction of sp³-hybridized carbons (Fsp3) is 0.235. The highest BCUT2D eigenvalue weighted by Crippen LogP contribution is 2.44. The van der Waals surface area contributed by atoms with Gasteiger partial charge < -0.3 is 24.4 Å². The molecule has 11 nitrogen and oxygen atoms in total. The number of ether oxygens (including phenoxy) is 3. The molecule has 4 aromatic carbocycles. The van der Waals surface area contributed by atoms with Crippen molar-refractivity contribution in [3.05, 3.63) is 108 Å². The minimum absolute atomic E-state index is 0.0573. The number of hydrogen-bond donors (Lipinski definition) is 2. The first-order valence-corrected chi connectivity index (χ1v) is 16.0. The molecule has 0 fully saturated rings. The van der Waals surface area contributed by atoms with Gasteiger partial charge in [-0.05, 0) is 65.2 Å². The molecule has 0 aliphatic carbocycles. The van der Waals surface area contributed by atoms with Crippen molar-refractivity contribution in [2.45, 2.75) is 23.9 Å². The highest BCUT2D eigenvalue weighted by molar-refractivity contribution is 7.90. The lowest BCUT2D eigenvalue weighted by molar-refractivity contribution is 0.245. The molecule has 12 heteroatoms. The molecular formula is C34H37N5O6S. The molecular weight excluding hydrogens is 606 g/mol. The normalized spacial score (nSPS) is 14.3. The number of sulfonamides is 1. The van der Waals surface area contributed by atoms with Crippen LogP contribution in [0.25, 0.3) is 0 Å². The van der Waals surface area contributed by atoms with E-state index in [1.807, 2.05) is 90.7 Å². The number of anilines is 2. The summed E-state index contributed by atoms with van der Waals surface area (Å²) in [4.78, 5) is 14.4. The molecule has 0 saturated carbocycles. The Hall–Kier alpha value is -5.23. The minimum Gasteiger partial charge on any atom is -0.493 e. The topological polar surface area (TPSA) is 122 Å². The molecule has 4 aromatic rings. The first-order valence-electron chi connectivity index (χ1n) is 14.5. The van der Waals surface area contributed by atoms with E-state index in [4.69, 9.17) is 19.3 Å². The molecule has 0 aromatic heterocycles. The molecule has 1 heterocycles. The van der Waals surface area contributed by atoms with E-state index in [1.165, 1.54) is 12.1 Å². The van der Waals surface area contributed by atoms with Crippen molar-refractivity contribution in [3.8, 4) is 17.2 Å². The Morgan fingerprint density at radius 1 is 0.891 bits per heavy atom. The summed E-state index contributed by atoms with van der Waals surface area (Å²) in [5.74, 6) is 1.51. The molecule has 0 bridgehead atoms. The summed E-state index contributed by atoms with van der Waals surface area (Å²) in [6.07, 6.45) is 0.559. The maximum absolute atomic E-state index is 13.0. The number of rotatable bonds is 11. The van der Waals surface area contributed by atoms with E-state index in [0.717, 1.165) is 28.1 Å². The minimum atomic E-state index is -4.13. The molecule has 0 radical (unpaired) electrons. The van der Waals surface area contributed by atoms with Gasteiger partial charge in [0.1, 0.15) is 0 Å². The highest BCUT2D eigenvalue weighted by atomic mass is 32.2. The van der Waals surface area contributed by atoms with Crippen LogP contribution in [0.3, 0.4) is 0 Å². The van der Waals surface area contributed by atoms with Gasteiger partial charge in [-0.2, -0.15) is 5.10 Å². The molecule has 1 aliphatic heterocycles. The van der Waals surface area contributed by atoms with Crippen LogP contribution in [0.4, 0.5) is 16.2 Å². The van der Waals surface area contributed by atoms with Crippen molar-refractivity contribution in [3.63, 3.8) is 0 Å². The molecule has 46 heavy (non-hydrogen) atoms. The van der Waals surface area contributed by atoms with Gasteiger partial charge >= 0.3 is 6.03 Å². The van der Waals surface area contributed by atoms with E-state index < -0.39 is 16.1 Å². The van der Waals surface area contributed by atoms with Crippen LogP contribution >= 0.6 is 0 Å². The maximum Gasteiger partial charge on any atom is 0.328 e. The standard InChI is InChI=1S/C34H37N5O6S/c1-38(2)26-13-11-24(12-14-26)29-21-30(25-19-31(43-3)33(45-5)32(20-25)44-4)39(36-29)27-15-17-28(18-16-27)46(41,42)37-34(40)35-22-23-9-7-6-8-10-23/h6-20,30H,21-22H2,1-5H3,(H2,35,37,40). The summed E-state index contributed by atoms with van der Waals surface area (Å²) in [7, 11) is 4.53. The Morgan fingerprint density at radius 2 is 1.52 bits per heavy atom. The van der Waals surface area contributed by atoms with E-state index in [-0.39, 0.29) is 17.5 Å². The quantitative estimate of drug-likeness (QED) is 0.225. The molecule has 0 saturated heterocycles. The Bertz CT molecular complexity index is 1790. The Labute approximate surface area is 269 Å². The molecule has 1 unspecified atom stereocenters. The van der Waals surface area contributed by atoms with Gasteiger partial charge in [0.15, 0.2) is 11.5 Å². The predicted molar refractivity (Wildman–Crippen MR) is 179 cm³/mol. The zero-order valence-electron chi connectivity index (χ0n) is 26.4. The smallest absolute Gasteiger partial charge is 0.328 e. The Balaban J connectivity index is 1.44. The van der Waals surface area contributed by atoms with Crippen LogP contribution in [0.1, 0.15) is 29.2 Å². The Morgan fingerprint density at radius 3 is 2.09 bits per heavy atom. The fourth-order valence-corrected chi connectivity index (χ4v) is 6.13. The van der Waals surface area contributed by atoms with E-state index in [0.29, 0.717) is 29.4 Å². The van der Waals surface area contributed by atoms with Gasteiger partial charge in [-0.15, -0.1) is 0 Å². The van der Waals surface area contributed by atoms with Crippen molar-refractivity contribution in [2.24, 2.45) is 5.10 Å². The average molecular weight is 644 g/mol. The molecule has 5 rings (SSSR count). The third-order valence-corrected chi connectivity index (χ3v) is 8.98. The second-order valence-corrected chi connectivity index (χ2v) is 12.5. The number of hydrazone groups is 1. The van der Waals surface area contributed by atoms with Crippen LogP contribution in [-0.2, 0) is 16.6 Å². The van der Waals surface area contributed by atoms with Crippen molar-refractivity contribution in [1.29, 1.82) is 0 Å². The monoisotopic (exact) mass is 643 g/mol. The van der Waals surface area contributed by atoms with Crippen molar-refractivity contribution in [2.75, 3.05) is 45.3 Å². The van der Waals surface area contributed by atoms with Crippen molar-refractivity contribution >= 4 is 33.1 Å². The van der Waals surface area contributed by atoms with Crippen LogP contribution in [0.2, 0.25) is 0 Å². The number of nitrogens with zero attached hydrogens (tertiary/aromatic N) is 3. The SMILES string of the molecule is COc1cc(C2CC(c3ccc(N(C)C)cc3)=NN2c2ccc(S(=O)(=O)NC(=O)NCc3ccccc3)cc2)cc(OC)c1OC. The van der Waals surface area contributed by atoms with E-state index in [2.05, 4.69) is 10.0 Å². The number of nitrogens with one attached hydrogen (secondary N) is 2. The summed E-state index contributed by atoms with van der Waals surface area (Å²) in [5.41, 5.74) is 5.27. The van der Waals surface area contributed by atoms with Gasteiger partial charge in [-0.1, -0.05) is 42.5 Å². The van der Waals surface area contributed by atoms with E-state index in [9.17, 15) is 13.2 Å². The van der Waals surface area contributed by atoms with Crippen LogP contribution in [0.15, 0.2) is 101 Å². The number of hydrogen-bond acceptors (Lipinski definition) is 9. The zero-order valence-corrected chi connectivity index (χ0v) is 27.2. The first kappa shape index (κ1) is 32.2. The number of carbonyl (C=O) groups excluding carboxylic acids is 1. The van der Waals surface area contributed by atoms with Crippen LogP contribution in [-0.4, -0.2) is 55.6 Å². The number of urea groups is 1. The van der Waals surface area contributed by atoms with Gasteiger partial charge in [0.05, 0.1) is 43.7 Å². The lowest BCUT2D eigenvalue weighted by atomic mass is 9.97. The van der Waals surface area contributed by atoms with Crippen molar-refractivity contribution < 1.29 is 27.4 Å². The third kappa shape index (κ3) is 7.02. The lowest BCUT2D eigenvalue weighted by Gasteiger charge is -2.25. The van der Waals surface area contributed by atoms with Crippen molar-refractivity contribution in [1.82, 2.24) is 10.0 Å². The second-order valence-electron chi connectivity index (χ2n) is 10.8. The van der Waals surface area contributed by atoms with E-state index in [1.54, 1.807) is 33.5 Å². The Kier molecular flexibility index (Phi) is 9.67. The van der Waals surface area contributed by atoms with Gasteiger partial charge in [-0.25, -0.2) is 17.9 Å². The number of amides is 2.